The van der Waals surface area contributed by atoms with E-state index in [0.29, 0.717) is 22.9 Å². The van der Waals surface area contributed by atoms with Crippen LogP contribution in [0.25, 0.3) is 0 Å². The van der Waals surface area contributed by atoms with Gasteiger partial charge in [-0.2, -0.15) is 5.10 Å². The standard InChI is InChI=1S/C18H15ClN6O4/c19-13-5-3-12(4-6-13)14-8-15(16-2-1-7-28-16)25(21-14)17(26)10-29-18(27)9-24-11-20-22-23-24/h1-7,11,15H,8-10H2/t15-/m1/s1. The molecule has 3 heterocycles. The second-order valence-electron chi connectivity index (χ2n) is 6.20. The minimum atomic E-state index is -0.638. The number of amides is 1. The summed E-state index contributed by atoms with van der Waals surface area (Å²) in [4.78, 5) is 24.6. The number of tetrazole rings is 1. The van der Waals surface area contributed by atoms with Crippen LogP contribution in [-0.4, -0.2) is 49.4 Å². The van der Waals surface area contributed by atoms with Crippen molar-refractivity contribution in [3.05, 3.63) is 65.3 Å². The molecule has 0 N–H and O–H groups in total. The summed E-state index contributed by atoms with van der Waals surface area (Å²) in [5.41, 5.74) is 1.55. The number of hydrazone groups is 1. The van der Waals surface area contributed by atoms with E-state index in [1.165, 1.54) is 22.3 Å². The van der Waals surface area contributed by atoms with Crippen molar-refractivity contribution in [2.24, 2.45) is 5.10 Å². The zero-order chi connectivity index (χ0) is 20.2. The van der Waals surface area contributed by atoms with E-state index in [0.717, 1.165) is 5.56 Å². The quantitative estimate of drug-likeness (QED) is 0.565. The molecule has 1 aliphatic rings. The van der Waals surface area contributed by atoms with Gasteiger partial charge in [-0.1, -0.05) is 23.7 Å². The van der Waals surface area contributed by atoms with Crippen molar-refractivity contribution in [3.8, 4) is 0 Å². The maximum absolute atomic E-state index is 12.7. The first-order valence-corrected chi connectivity index (χ1v) is 9.03. The molecule has 0 fully saturated rings. The zero-order valence-electron chi connectivity index (χ0n) is 15.0. The molecule has 1 amide bonds. The predicted molar refractivity (Wildman–Crippen MR) is 99.7 cm³/mol. The lowest BCUT2D eigenvalue weighted by Gasteiger charge is -2.19. The number of hydrogen-bond acceptors (Lipinski definition) is 8. The molecule has 0 saturated carbocycles. The molecule has 10 nitrogen and oxygen atoms in total. The zero-order valence-corrected chi connectivity index (χ0v) is 15.8. The third kappa shape index (κ3) is 4.32. The molecule has 11 heteroatoms. The molecule has 0 bridgehead atoms. The molecule has 0 saturated heterocycles. The highest BCUT2D eigenvalue weighted by molar-refractivity contribution is 6.30. The molecular weight excluding hydrogens is 400 g/mol. The van der Waals surface area contributed by atoms with Gasteiger partial charge in [-0.3, -0.25) is 9.59 Å². The van der Waals surface area contributed by atoms with Crippen molar-refractivity contribution < 1.29 is 18.7 Å². The lowest BCUT2D eigenvalue weighted by Crippen LogP contribution is -2.31. The number of carbonyl (C=O) groups is 2. The van der Waals surface area contributed by atoms with Crippen molar-refractivity contribution in [2.45, 2.75) is 19.0 Å². The largest absolute Gasteiger partial charge is 0.467 e. The van der Waals surface area contributed by atoms with Gasteiger partial charge in [0.05, 0.1) is 12.0 Å². The molecule has 0 aliphatic carbocycles. The van der Waals surface area contributed by atoms with Gasteiger partial charge in [0.2, 0.25) is 0 Å². The fourth-order valence-electron chi connectivity index (χ4n) is 2.90. The molecule has 29 heavy (non-hydrogen) atoms. The van der Waals surface area contributed by atoms with Gasteiger partial charge in [-0.25, -0.2) is 9.69 Å². The molecule has 4 rings (SSSR count). The number of rotatable bonds is 6. The van der Waals surface area contributed by atoms with Crippen molar-refractivity contribution in [3.63, 3.8) is 0 Å². The molecule has 1 atom stereocenters. The summed E-state index contributed by atoms with van der Waals surface area (Å²) in [5.74, 6) is -0.521. The number of hydrogen-bond donors (Lipinski definition) is 0. The van der Waals surface area contributed by atoms with Gasteiger partial charge in [0.1, 0.15) is 24.7 Å². The number of nitrogens with zero attached hydrogens (tertiary/aromatic N) is 6. The highest BCUT2D eigenvalue weighted by Gasteiger charge is 2.35. The molecule has 0 radical (unpaired) electrons. The first-order valence-electron chi connectivity index (χ1n) is 8.65. The number of carbonyl (C=O) groups excluding carboxylic acids is 2. The molecular formula is C18H15ClN6O4. The summed E-state index contributed by atoms with van der Waals surface area (Å²) in [5, 5.41) is 16.8. The summed E-state index contributed by atoms with van der Waals surface area (Å²) >= 11 is 5.95. The van der Waals surface area contributed by atoms with Crippen LogP contribution in [0.3, 0.4) is 0 Å². The van der Waals surface area contributed by atoms with Gasteiger partial charge in [-0.05, 0) is 40.3 Å². The van der Waals surface area contributed by atoms with Crippen molar-refractivity contribution in [1.29, 1.82) is 0 Å². The summed E-state index contributed by atoms with van der Waals surface area (Å²) in [6.07, 6.45) is 3.27. The Morgan fingerprint density at radius 2 is 2.07 bits per heavy atom. The lowest BCUT2D eigenvalue weighted by molar-refractivity contribution is -0.153. The Morgan fingerprint density at radius 1 is 1.24 bits per heavy atom. The molecule has 0 unspecified atom stereocenters. The van der Waals surface area contributed by atoms with Crippen LogP contribution in [0.1, 0.15) is 23.8 Å². The van der Waals surface area contributed by atoms with Crippen LogP contribution in [0.5, 0.6) is 0 Å². The average Bonchev–Trinajstić information content (AvgIpc) is 3.47. The van der Waals surface area contributed by atoms with Gasteiger partial charge >= 0.3 is 5.97 Å². The van der Waals surface area contributed by atoms with Crippen LogP contribution >= 0.6 is 11.6 Å². The van der Waals surface area contributed by atoms with Gasteiger partial charge in [-0.15, -0.1) is 5.10 Å². The van der Waals surface area contributed by atoms with Crippen LogP contribution in [0.15, 0.2) is 58.5 Å². The van der Waals surface area contributed by atoms with Gasteiger partial charge in [0.15, 0.2) is 6.61 Å². The van der Waals surface area contributed by atoms with Crippen LogP contribution in [0, 0.1) is 0 Å². The van der Waals surface area contributed by atoms with E-state index in [4.69, 9.17) is 20.8 Å². The Hall–Kier alpha value is -3.53. The van der Waals surface area contributed by atoms with Crippen LogP contribution in [0.2, 0.25) is 5.02 Å². The number of halogens is 1. The average molecular weight is 415 g/mol. The second kappa shape index (κ2) is 8.23. The van der Waals surface area contributed by atoms with E-state index in [1.54, 1.807) is 24.3 Å². The first-order chi connectivity index (χ1) is 14.1. The number of aromatic nitrogens is 4. The minimum Gasteiger partial charge on any atom is -0.467 e. The monoisotopic (exact) mass is 414 g/mol. The topological polar surface area (TPSA) is 116 Å². The number of esters is 1. The lowest BCUT2D eigenvalue weighted by atomic mass is 10.0. The van der Waals surface area contributed by atoms with E-state index in [-0.39, 0.29) is 6.54 Å². The number of ether oxygens (including phenoxy) is 1. The fraction of sp³-hybridized carbons (Fsp3) is 0.222. The van der Waals surface area contributed by atoms with E-state index in [1.807, 2.05) is 12.1 Å². The Balaban J connectivity index is 1.47. The Labute approximate surface area is 169 Å². The summed E-state index contributed by atoms with van der Waals surface area (Å²) < 4.78 is 11.7. The summed E-state index contributed by atoms with van der Waals surface area (Å²) in [6.45, 7) is -0.656. The van der Waals surface area contributed by atoms with E-state index in [2.05, 4.69) is 20.6 Å². The first kappa shape index (κ1) is 18.8. The Bertz CT molecular complexity index is 1020. The molecule has 148 valence electrons. The Morgan fingerprint density at radius 3 is 2.76 bits per heavy atom. The van der Waals surface area contributed by atoms with Crippen molar-refractivity contribution in [2.75, 3.05) is 6.61 Å². The SMILES string of the molecule is O=C(Cn1cnnn1)OCC(=O)N1N=C(c2ccc(Cl)cc2)C[C@@H]1c1ccco1. The van der Waals surface area contributed by atoms with Crippen LogP contribution in [0.4, 0.5) is 0 Å². The van der Waals surface area contributed by atoms with Crippen molar-refractivity contribution in [1.82, 2.24) is 25.2 Å². The molecule has 2 aromatic heterocycles. The molecule has 3 aromatic rings. The number of furan rings is 1. The highest BCUT2D eigenvalue weighted by atomic mass is 35.5. The third-order valence-corrected chi connectivity index (χ3v) is 4.51. The molecule has 0 spiro atoms. The van der Waals surface area contributed by atoms with Gasteiger partial charge < -0.3 is 9.15 Å². The van der Waals surface area contributed by atoms with Crippen LogP contribution in [-0.2, 0) is 20.9 Å². The molecule has 1 aliphatic heterocycles. The van der Waals surface area contributed by atoms with E-state index < -0.39 is 24.5 Å². The smallest absolute Gasteiger partial charge is 0.328 e. The fourth-order valence-corrected chi connectivity index (χ4v) is 3.02. The Kier molecular flexibility index (Phi) is 5.34. The number of benzene rings is 1. The predicted octanol–water partition coefficient (Wildman–Crippen LogP) is 1.84. The maximum Gasteiger partial charge on any atom is 0.328 e. The summed E-state index contributed by atoms with van der Waals surface area (Å²) in [6, 6.07) is 10.3. The van der Waals surface area contributed by atoms with Crippen molar-refractivity contribution >= 4 is 29.2 Å². The second-order valence-corrected chi connectivity index (χ2v) is 6.63. The molecule has 1 aromatic carbocycles. The maximum atomic E-state index is 12.7. The van der Waals surface area contributed by atoms with E-state index >= 15 is 0 Å². The van der Waals surface area contributed by atoms with E-state index in [9.17, 15) is 9.59 Å². The van der Waals surface area contributed by atoms with Gasteiger partial charge in [0.25, 0.3) is 5.91 Å². The highest BCUT2D eigenvalue weighted by Crippen LogP contribution is 2.33. The van der Waals surface area contributed by atoms with Gasteiger partial charge in [0, 0.05) is 11.4 Å². The normalized spacial score (nSPS) is 16.0. The minimum absolute atomic E-state index is 0.193. The van der Waals surface area contributed by atoms with Crippen LogP contribution < -0.4 is 0 Å². The third-order valence-electron chi connectivity index (χ3n) is 4.25. The summed E-state index contributed by atoms with van der Waals surface area (Å²) in [7, 11) is 0.